The molecule has 8 nitrogen and oxygen atoms in total. The second-order valence-electron chi connectivity index (χ2n) is 5.27. The number of nitrogens with one attached hydrogen (secondary N) is 2. The third kappa shape index (κ3) is 4.63. The molecule has 0 aliphatic heterocycles. The summed E-state index contributed by atoms with van der Waals surface area (Å²) in [6.07, 6.45) is 1.55. The van der Waals surface area contributed by atoms with Crippen LogP contribution in [-0.2, 0) is 10.0 Å². The van der Waals surface area contributed by atoms with E-state index >= 15 is 0 Å². The fraction of sp³-hybridized carbons (Fsp3) is 0.286. The molecule has 0 unspecified atom stereocenters. The van der Waals surface area contributed by atoms with Crippen LogP contribution in [0, 0.1) is 6.92 Å². The molecular weight excluding hydrogens is 398 g/mol. The van der Waals surface area contributed by atoms with E-state index in [2.05, 4.69) is 36.5 Å². The second-order valence-corrected chi connectivity index (χ2v) is 7.65. The van der Waals surface area contributed by atoms with Crippen LogP contribution in [0.15, 0.2) is 33.8 Å². The molecule has 0 aliphatic rings. The number of nitrogens with two attached hydrogens (primary N) is 1. The fourth-order valence-electron chi connectivity index (χ4n) is 1.92. The summed E-state index contributed by atoms with van der Waals surface area (Å²) in [4.78, 5) is 8.47. The lowest BCUT2D eigenvalue weighted by Crippen LogP contribution is -2.20. The summed E-state index contributed by atoms with van der Waals surface area (Å²) >= 11 is 3.33. The molecule has 0 saturated carbocycles. The van der Waals surface area contributed by atoms with Crippen LogP contribution in [0.25, 0.3) is 0 Å². The first-order valence-corrected chi connectivity index (χ1v) is 9.35. The largest absolute Gasteiger partial charge is 0.394 e. The number of aliphatic hydroxyl groups is 1. The zero-order valence-electron chi connectivity index (χ0n) is 13.1. The van der Waals surface area contributed by atoms with Crippen molar-refractivity contribution in [3.8, 4) is 0 Å². The average Bonchev–Trinajstić information content (AvgIpc) is 2.51. The minimum Gasteiger partial charge on any atom is -0.394 e. The summed E-state index contributed by atoms with van der Waals surface area (Å²) in [5, 5.41) is 20.3. The van der Waals surface area contributed by atoms with E-state index in [4.69, 9.17) is 10.2 Å². The number of anilines is 3. The Hall–Kier alpha value is -1.75. The first-order chi connectivity index (χ1) is 11.2. The zero-order valence-corrected chi connectivity index (χ0v) is 15.5. The van der Waals surface area contributed by atoms with Gasteiger partial charge < -0.3 is 15.7 Å². The number of primary sulfonamides is 1. The predicted molar refractivity (Wildman–Crippen MR) is 95.7 cm³/mol. The van der Waals surface area contributed by atoms with Crippen LogP contribution in [0.1, 0.15) is 12.5 Å². The minimum absolute atomic E-state index is 0.0388. The van der Waals surface area contributed by atoms with Gasteiger partial charge in [-0.05, 0) is 47.5 Å². The van der Waals surface area contributed by atoms with E-state index in [1.165, 1.54) is 6.07 Å². The van der Waals surface area contributed by atoms with Gasteiger partial charge in [0.2, 0.25) is 16.0 Å². The van der Waals surface area contributed by atoms with Gasteiger partial charge in [-0.25, -0.2) is 18.5 Å². The molecule has 0 saturated heterocycles. The summed E-state index contributed by atoms with van der Waals surface area (Å²) in [7, 11) is -3.81. The molecule has 1 aromatic carbocycles. The van der Waals surface area contributed by atoms with Crippen LogP contribution in [0.2, 0.25) is 0 Å². The molecule has 1 heterocycles. The van der Waals surface area contributed by atoms with E-state index in [-0.39, 0.29) is 23.5 Å². The van der Waals surface area contributed by atoms with Gasteiger partial charge in [0.15, 0.2) is 0 Å². The van der Waals surface area contributed by atoms with Gasteiger partial charge in [-0.2, -0.15) is 4.98 Å². The van der Waals surface area contributed by atoms with Crippen LogP contribution >= 0.6 is 15.9 Å². The summed E-state index contributed by atoms with van der Waals surface area (Å²) in [5.41, 5.74) is 1.05. The van der Waals surface area contributed by atoms with Crippen molar-refractivity contribution in [2.75, 3.05) is 17.2 Å². The monoisotopic (exact) mass is 415 g/mol. The number of hydrogen-bond donors (Lipinski definition) is 4. The third-order valence-electron chi connectivity index (χ3n) is 3.15. The number of hydrogen-bond acceptors (Lipinski definition) is 7. The first-order valence-electron chi connectivity index (χ1n) is 7.01. The van der Waals surface area contributed by atoms with E-state index in [1.54, 1.807) is 32.2 Å². The smallest absolute Gasteiger partial charge is 0.238 e. The quantitative estimate of drug-likeness (QED) is 0.564. The number of sulfonamides is 1. The van der Waals surface area contributed by atoms with Crippen molar-refractivity contribution < 1.29 is 13.5 Å². The molecule has 1 atom stereocenters. The van der Waals surface area contributed by atoms with Crippen LogP contribution in [0.3, 0.4) is 0 Å². The molecule has 2 aromatic rings. The Morgan fingerprint density at radius 3 is 2.75 bits per heavy atom. The van der Waals surface area contributed by atoms with E-state index < -0.39 is 10.0 Å². The zero-order chi connectivity index (χ0) is 17.9. The topological polar surface area (TPSA) is 130 Å². The maximum atomic E-state index is 11.6. The molecule has 1 aromatic heterocycles. The van der Waals surface area contributed by atoms with Crippen LogP contribution in [0.4, 0.5) is 17.5 Å². The SMILES string of the molecule is Cc1ccc(Nc2ncc(Br)c(N[C@H](C)CO)n2)cc1S(N)(=O)=O. The number of aryl methyl sites for hydroxylation is 1. The van der Waals surface area contributed by atoms with Crippen LogP contribution < -0.4 is 15.8 Å². The number of rotatable bonds is 6. The molecule has 0 amide bonds. The van der Waals surface area contributed by atoms with Gasteiger partial charge in [-0.1, -0.05) is 6.07 Å². The van der Waals surface area contributed by atoms with E-state index in [0.717, 1.165) is 0 Å². The van der Waals surface area contributed by atoms with Crippen molar-refractivity contribution in [1.82, 2.24) is 9.97 Å². The Labute approximate surface area is 148 Å². The molecule has 0 aliphatic carbocycles. The Balaban J connectivity index is 2.30. The fourth-order valence-corrected chi connectivity index (χ4v) is 3.03. The molecule has 2 rings (SSSR count). The van der Waals surface area contributed by atoms with Crippen molar-refractivity contribution in [2.24, 2.45) is 5.14 Å². The Morgan fingerprint density at radius 1 is 1.42 bits per heavy atom. The van der Waals surface area contributed by atoms with Crippen molar-refractivity contribution in [3.05, 3.63) is 34.4 Å². The summed E-state index contributed by atoms with van der Waals surface area (Å²) < 4.78 is 23.8. The molecular formula is C14H18BrN5O3S. The average molecular weight is 416 g/mol. The molecule has 10 heteroatoms. The highest BCUT2D eigenvalue weighted by Crippen LogP contribution is 2.24. The van der Waals surface area contributed by atoms with Crippen molar-refractivity contribution >= 4 is 43.4 Å². The summed E-state index contributed by atoms with van der Waals surface area (Å²) in [6.45, 7) is 3.42. The summed E-state index contributed by atoms with van der Waals surface area (Å²) in [6, 6.07) is 4.60. The minimum atomic E-state index is -3.81. The van der Waals surface area contributed by atoms with Crippen LogP contribution in [-0.4, -0.2) is 36.1 Å². The maximum Gasteiger partial charge on any atom is 0.238 e. The van der Waals surface area contributed by atoms with Gasteiger partial charge in [0.05, 0.1) is 16.0 Å². The van der Waals surface area contributed by atoms with Crippen molar-refractivity contribution in [2.45, 2.75) is 24.8 Å². The second kappa shape index (κ2) is 7.43. The normalized spacial score (nSPS) is 12.7. The number of aromatic nitrogens is 2. The molecule has 24 heavy (non-hydrogen) atoms. The van der Waals surface area contributed by atoms with E-state index in [9.17, 15) is 8.42 Å². The van der Waals surface area contributed by atoms with Gasteiger partial charge in [0.1, 0.15) is 5.82 Å². The lowest BCUT2D eigenvalue weighted by Gasteiger charge is -2.14. The predicted octanol–water partition coefficient (Wildman–Crippen LogP) is 1.73. The number of nitrogens with zero attached hydrogens (tertiary/aromatic N) is 2. The van der Waals surface area contributed by atoms with Gasteiger partial charge in [0.25, 0.3) is 0 Å². The first kappa shape index (κ1) is 18.6. The number of halogens is 1. The maximum absolute atomic E-state index is 11.6. The van der Waals surface area contributed by atoms with E-state index in [0.29, 0.717) is 21.5 Å². The molecule has 5 N–H and O–H groups in total. The van der Waals surface area contributed by atoms with Crippen LogP contribution in [0.5, 0.6) is 0 Å². The molecule has 0 fully saturated rings. The van der Waals surface area contributed by atoms with Crippen molar-refractivity contribution in [1.29, 1.82) is 0 Å². The highest BCUT2D eigenvalue weighted by atomic mass is 79.9. The molecule has 130 valence electrons. The standard InChI is InChI=1S/C14H18BrN5O3S/c1-8-3-4-10(5-12(8)24(16,22)23)19-14-17-6-11(15)13(20-14)18-9(2)7-21/h3-6,9,21H,7H2,1-2H3,(H2,16,22,23)(H2,17,18,19,20)/t9-/m1/s1. The van der Waals surface area contributed by atoms with Gasteiger partial charge in [0, 0.05) is 17.9 Å². The highest BCUT2D eigenvalue weighted by molar-refractivity contribution is 9.10. The Kier molecular flexibility index (Phi) is 5.75. The third-order valence-corrected chi connectivity index (χ3v) is 4.79. The Bertz CT molecular complexity index is 844. The van der Waals surface area contributed by atoms with Gasteiger partial charge in [-0.3, -0.25) is 0 Å². The van der Waals surface area contributed by atoms with Crippen molar-refractivity contribution in [3.63, 3.8) is 0 Å². The van der Waals surface area contributed by atoms with E-state index in [1.807, 2.05) is 0 Å². The number of aliphatic hydroxyl groups excluding tert-OH is 1. The molecule has 0 spiro atoms. The van der Waals surface area contributed by atoms with Gasteiger partial charge in [-0.15, -0.1) is 0 Å². The lowest BCUT2D eigenvalue weighted by atomic mass is 10.2. The van der Waals surface area contributed by atoms with Gasteiger partial charge >= 0.3 is 0 Å². The summed E-state index contributed by atoms with van der Waals surface area (Å²) in [5.74, 6) is 0.780. The number of benzene rings is 1. The lowest BCUT2D eigenvalue weighted by molar-refractivity contribution is 0.281. The highest BCUT2D eigenvalue weighted by Gasteiger charge is 2.13. The molecule has 0 bridgehead atoms. The molecule has 0 radical (unpaired) electrons. The Morgan fingerprint density at radius 2 is 2.12 bits per heavy atom.